The van der Waals surface area contributed by atoms with Crippen LogP contribution >= 0.6 is 15.9 Å². The number of imidazole rings is 1. The van der Waals surface area contributed by atoms with Crippen LogP contribution in [-0.4, -0.2) is 35.9 Å². The van der Waals surface area contributed by atoms with Gasteiger partial charge in [-0.2, -0.15) is 0 Å². The van der Waals surface area contributed by atoms with Crippen molar-refractivity contribution in [1.29, 1.82) is 0 Å². The molecule has 21 heavy (non-hydrogen) atoms. The highest BCUT2D eigenvalue weighted by Gasteiger charge is 2.27. The Bertz CT molecular complexity index is 742. The summed E-state index contributed by atoms with van der Waals surface area (Å²) in [6.07, 6.45) is 2.48. The molecule has 0 saturated carbocycles. The fourth-order valence-corrected chi connectivity index (χ4v) is 4.56. The van der Waals surface area contributed by atoms with E-state index in [0.29, 0.717) is 13.0 Å². The van der Waals surface area contributed by atoms with Gasteiger partial charge in [0.25, 0.3) is 0 Å². The number of nitrogens with one attached hydrogen (secondary N) is 2. The molecule has 2 heterocycles. The fourth-order valence-electron chi connectivity index (χ4n) is 2.45. The van der Waals surface area contributed by atoms with Crippen LogP contribution in [0.1, 0.15) is 12.2 Å². The predicted molar refractivity (Wildman–Crippen MR) is 85.6 cm³/mol. The number of H-pyrrole nitrogens is 1. The molecule has 5 nitrogen and oxygen atoms in total. The highest BCUT2D eigenvalue weighted by atomic mass is 79.9. The summed E-state index contributed by atoms with van der Waals surface area (Å²) in [6, 6.07) is 8.02. The molecule has 7 heteroatoms. The van der Waals surface area contributed by atoms with E-state index < -0.39 is 9.84 Å². The van der Waals surface area contributed by atoms with Crippen LogP contribution in [0.15, 0.2) is 34.9 Å². The molecule has 0 spiro atoms. The van der Waals surface area contributed by atoms with Crippen LogP contribution in [0.5, 0.6) is 0 Å². The molecule has 0 bridgehead atoms. The Kier molecular flexibility index (Phi) is 4.14. The smallest absolute Gasteiger partial charge is 0.151 e. The number of hydrogen-bond donors (Lipinski definition) is 2. The number of sulfone groups is 1. The third kappa shape index (κ3) is 3.72. The number of nitrogens with zero attached hydrogens (tertiary/aromatic N) is 1. The minimum atomic E-state index is -2.84. The lowest BCUT2D eigenvalue weighted by molar-refractivity contribution is 0.544. The zero-order chi connectivity index (χ0) is 14.9. The lowest BCUT2D eigenvalue weighted by Gasteiger charge is -2.08. The molecule has 112 valence electrons. The van der Waals surface area contributed by atoms with Crippen molar-refractivity contribution in [2.24, 2.45) is 0 Å². The Morgan fingerprint density at radius 3 is 3.00 bits per heavy atom. The molecule has 3 rings (SSSR count). The minimum Gasteiger partial charge on any atom is -0.341 e. The summed E-state index contributed by atoms with van der Waals surface area (Å²) in [5, 5.41) is 3.25. The van der Waals surface area contributed by atoms with Gasteiger partial charge in [0.05, 0.1) is 29.9 Å². The van der Waals surface area contributed by atoms with E-state index in [0.717, 1.165) is 21.6 Å². The van der Waals surface area contributed by atoms with E-state index in [-0.39, 0.29) is 17.5 Å². The minimum absolute atomic E-state index is 0.0365. The Morgan fingerprint density at radius 1 is 1.43 bits per heavy atom. The lowest BCUT2D eigenvalue weighted by Crippen LogP contribution is -2.29. The van der Waals surface area contributed by atoms with Crippen LogP contribution in [0.2, 0.25) is 0 Å². The summed E-state index contributed by atoms with van der Waals surface area (Å²) in [6.45, 7) is 0.550. The largest absolute Gasteiger partial charge is 0.341 e. The molecule has 1 aliphatic rings. The van der Waals surface area contributed by atoms with Gasteiger partial charge in [0, 0.05) is 16.1 Å². The third-order valence-corrected chi connectivity index (χ3v) is 5.82. The average Bonchev–Trinajstić information content (AvgIpc) is 3.03. The van der Waals surface area contributed by atoms with Gasteiger partial charge in [-0.15, -0.1) is 0 Å². The monoisotopic (exact) mass is 369 g/mol. The number of aromatic amines is 1. The van der Waals surface area contributed by atoms with Gasteiger partial charge in [0.1, 0.15) is 5.82 Å². The average molecular weight is 370 g/mol. The number of halogens is 1. The molecule has 2 N–H and O–H groups in total. The number of hydrogen-bond acceptors (Lipinski definition) is 4. The number of benzene rings is 1. The van der Waals surface area contributed by atoms with E-state index in [1.807, 2.05) is 24.3 Å². The maximum absolute atomic E-state index is 11.4. The van der Waals surface area contributed by atoms with Crippen molar-refractivity contribution in [3.8, 4) is 11.3 Å². The second-order valence-electron chi connectivity index (χ2n) is 5.23. The van der Waals surface area contributed by atoms with Crippen molar-refractivity contribution < 1.29 is 8.42 Å². The second kappa shape index (κ2) is 5.90. The fraction of sp³-hybridized carbons (Fsp3) is 0.357. The van der Waals surface area contributed by atoms with Gasteiger partial charge in [0.15, 0.2) is 9.84 Å². The molecular weight excluding hydrogens is 354 g/mol. The first-order chi connectivity index (χ1) is 10.0. The van der Waals surface area contributed by atoms with Crippen molar-refractivity contribution in [2.45, 2.75) is 19.0 Å². The maximum Gasteiger partial charge on any atom is 0.151 e. The Labute approximate surface area is 132 Å². The van der Waals surface area contributed by atoms with E-state index >= 15 is 0 Å². The van der Waals surface area contributed by atoms with Crippen LogP contribution in [0.3, 0.4) is 0 Å². The van der Waals surface area contributed by atoms with Gasteiger partial charge in [-0.1, -0.05) is 28.1 Å². The third-order valence-electron chi connectivity index (χ3n) is 3.55. The summed E-state index contributed by atoms with van der Waals surface area (Å²) in [5.74, 6) is 1.33. The summed E-state index contributed by atoms with van der Waals surface area (Å²) in [5.41, 5.74) is 2.01. The van der Waals surface area contributed by atoms with Gasteiger partial charge in [-0.3, -0.25) is 0 Å². The first kappa shape index (κ1) is 14.7. The van der Waals surface area contributed by atoms with Crippen molar-refractivity contribution in [3.63, 3.8) is 0 Å². The van der Waals surface area contributed by atoms with E-state index in [1.165, 1.54) is 0 Å². The Hall–Kier alpha value is -1.18. The van der Waals surface area contributed by atoms with Gasteiger partial charge < -0.3 is 10.3 Å². The second-order valence-corrected chi connectivity index (χ2v) is 8.38. The topological polar surface area (TPSA) is 74.8 Å². The predicted octanol–water partition coefficient (Wildman–Crippen LogP) is 2.12. The summed E-state index contributed by atoms with van der Waals surface area (Å²) in [4.78, 5) is 7.59. The molecule has 1 saturated heterocycles. The molecule has 2 aromatic rings. The molecule has 0 amide bonds. The van der Waals surface area contributed by atoms with E-state index in [4.69, 9.17) is 0 Å². The van der Waals surface area contributed by atoms with Crippen LogP contribution in [-0.2, 0) is 16.4 Å². The lowest BCUT2D eigenvalue weighted by atomic mass is 10.2. The van der Waals surface area contributed by atoms with Crippen LogP contribution in [0, 0.1) is 0 Å². The molecule has 1 aliphatic heterocycles. The van der Waals surface area contributed by atoms with E-state index in [9.17, 15) is 8.42 Å². The van der Waals surface area contributed by atoms with Crippen molar-refractivity contribution in [1.82, 2.24) is 15.3 Å². The zero-order valence-corrected chi connectivity index (χ0v) is 13.7. The van der Waals surface area contributed by atoms with Gasteiger partial charge in [-0.25, -0.2) is 13.4 Å². The Balaban J connectivity index is 1.63. The summed E-state index contributed by atoms with van der Waals surface area (Å²) < 4.78 is 23.8. The summed E-state index contributed by atoms with van der Waals surface area (Å²) in [7, 11) is -2.84. The normalized spacial score (nSPS) is 20.7. The molecular formula is C14H16BrN3O2S. The van der Waals surface area contributed by atoms with Gasteiger partial charge >= 0.3 is 0 Å². The van der Waals surface area contributed by atoms with Crippen LogP contribution in [0.25, 0.3) is 11.3 Å². The molecule has 1 fully saturated rings. The van der Waals surface area contributed by atoms with Crippen molar-refractivity contribution >= 4 is 25.8 Å². The Morgan fingerprint density at radius 2 is 2.29 bits per heavy atom. The van der Waals surface area contributed by atoms with E-state index in [2.05, 4.69) is 31.2 Å². The van der Waals surface area contributed by atoms with Crippen LogP contribution in [0.4, 0.5) is 0 Å². The molecule has 1 aromatic carbocycles. The number of rotatable bonds is 4. The van der Waals surface area contributed by atoms with Gasteiger partial charge in [0.2, 0.25) is 0 Å². The van der Waals surface area contributed by atoms with Crippen molar-refractivity contribution in [2.75, 3.05) is 11.5 Å². The highest BCUT2D eigenvalue weighted by molar-refractivity contribution is 9.10. The standard InChI is InChI=1S/C14H16BrN3O2S/c15-11-3-1-2-10(6-11)13-7-17-14(18-13)8-16-12-4-5-21(19,20)9-12/h1-3,6-7,12,16H,4-5,8-9H2,(H,17,18). The highest BCUT2D eigenvalue weighted by Crippen LogP contribution is 2.21. The maximum atomic E-state index is 11.4. The number of aromatic nitrogens is 2. The van der Waals surface area contributed by atoms with Crippen LogP contribution < -0.4 is 5.32 Å². The molecule has 1 unspecified atom stereocenters. The van der Waals surface area contributed by atoms with Gasteiger partial charge in [-0.05, 0) is 18.6 Å². The first-order valence-corrected chi connectivity index (χ1v) is 9.37. The summed E-state index contributed by atoms with van der Waals surface area (Å²) >= 11 is 3.45. The first-order valence-electron chi connectivity index (χ1n) is 6.75. The SMILES string of the molecule is O=S1(=O)CCC(NCc2ncc(-c3cccc(Br)c3)[nH]2)C1. The quantitative estimate of drug-likeness (QED) is 0.865. The molecule has 0 aliphatic carbocycles. The molecule has 1 aromatic heterocycles. The van der Waals surface area contributed by atoms with Crippen molar-refractivity contribution in [3.05, 3.63) is 40.8 Å². The van der Waals surface area contributed by atoms with E-state index in [1.54, 1.807) is 6.20 Å². The molecule has 0 radical (unpaired) electrons. The molecule has 1 atom stereocenters. The zero-order valence-electron chi connectivity index (χ0n) is 11.3.